The summed E-state index contributed by atoms with van der Waals surface area (Å²) in [5.74, 6) is -0.0487. The number of hydrogen-bond acceptors (Lipinski definition) is 0. The van der Waals surface area contributed by atoms with Crippen molar-refractivity contribution in [1.29, 1.82) is 0 Å². The Balaban J connectivity index is 3.17. The molecule has 0 nitrogen and oxygen atoms in total. The Labute approximate surface area is 102 Å². The van der Waals surface area contributed by atoms with Crippen LogP contribution in [0.15, 0.2) is 6.07 Å². The summed E-state index contributed by atoms with van der Waals surface area (Å²) in [6.07, 6.45) is 0. The number of rotatable bonds is 0. The van der Waals surface area contributed by atoms with E-state index in [1.165, 1.54) is 11.1 Å². The van der Waals surface area contributed by atoms with Gasteiger partial charge in [0.15, 0.2) is 0 Å². The van der Waals surface area contributed by atoms with Gasteiger partial charge in [-0.05, 0) is 80.3 Å². The van der Waals surface area contributed by atoms with Gasteiger partial charge in [-0.25, -0.2) is 4.39 Å². The highest BCUT2D eigenvalue weighted by molar-refractivity contribution is 5.94. The van der Waals surface area contributed by atoms with Crippen molar-refractivity contribution in [2.75, 3.05) is 0 Å². The lowest BCUT2D eigenvalue weighted by molar-refractivity contribution is 0.628. The summed E-state index contributed by atoms with van der Waals surface area (Å²) in [5, 5.41) is 1.90. The van der Waals surface area contributed by atoms with Crippen LogP contribution >= 0.6 is 0 Å². The molecule has 90 valence electrons. The van der Waals surface area contributed by atoms with E-state index < -0.39 is 0 Å². The van der Waals surface area contributed by atoms with Crippen molar-refractivity contribution in [2.24, 2.45) is 0 Å². The van der Waals surface area contributed by atoms with Gasteiger partial charge in [0.05, 0.1) is 0 Å². The van der Waals surface area contributed by atoms with Crippen LogP contribution in [0.4, 0.5) is 4.39 Å². The quantitative estimate of drug-likeness (QED) is 0.608. The first-order valence-electron chi connectivity index (χ1n) is 6.02. The Morgan fingerprint density at radius 2 is 1.24 bits per heavy atom. The molecule has 0 saturated heterocycles. The Morgan fingerprint density at radius 1 is 0.647 bits per heavy atom. The zero-order valence-corrected chi connectivity index (χ0v) is 11.5. The molecule has 0 aromatic heterocycles. The monoisotopic (exact) mass is 230 g/mol. The highest BCUT2D eigenvalue weighted by atomic mass is 19.1. The fraction of sp³-hybridized carbons (Fsp3) is 0.375. The average molecular weight is 230 g/mol. The van der Waals surface area contributed by atoms with Gasteiger partial charge in [0, 0.05) is 5.39 Å². The first kappa shape index (κ1) is 12.1. The Kier molecular flexibility index (Phi) is 2.73. The van der Waals surface area contributed by atoms with Crippen molar-refractivity contribution in [3.63, 3.8) is 0 Å². The third kappa shape index (κ3) is 1.56. The van der Waals surface area contributed by atoms with E-state index in [9.17, 15) is 4.39 Å². The summed E-state index contributed by atoms with van der Waals surface area (Å²) in [7, 11) is 0. The van der Waals surface area contributed by atoms with Crippen LogP contribution < -0.4 is 0 Å². The molecule has 0 aliphatic carbocycles. The van der Waals surface area contributed by atoms with Gasteiger partial charge in [-0.1, -0.05) is 6.07 Å². The minimum Gasteiger partial charge on any atom is -0.206 e. The van der Waals surface area contributed by atoms with Gasteiger partial charge in [0.1, 0.15) is 5.82 Å². The molecular weight excluding hydrogens is 211 g/mol. The molecule has 0 radical (unpaired) electrons. The van der Waals surface area contributed by atoms with Crippen LogP contribution in [0.3, 0.4) is 0 Å². The summed E-state index contributed by atoms with van der Waals surface area (Å²) in [6.45, 7) is 12.1. The number of benzene rings is 2. The van der Waals surface area contributed by atoms with Gasteiger partial charge < -0.3 is 0 Å². The molecule has 0 unspecified atom stereocenters. The van der Waals surface area contributed by atoms with Crippen LogP contribution in [-0.4, -0.2) is 0 Å². The highest BCUT2D eigenvalue weighted by Crippen LogP contribution is 2.34. The van der Waals surface area contributed by atoms with E-state index in [2.05, 4.69) is 19.9 Å². The lowest BCUT2D eigenvalue weighted by Crippen LogP contribution is -1.99. The molecule has 0 saturated carbocycles. The summed E-state index contributed by atoms with van der Waals surface area (Å²) in [5.41, 5.74) is 6.46. The molecule has 0 atom stereocenters. The van der Waals surface area contributed by atoms with E-state index in [4.69, 9.17) is 0 Å². The van der Waals surface area contributed by atoms with Crippen molar-refractivity contribution in [2.45, 2.75) is 41.5 Å². The second kappa shape index (κ2) is 3.83. The van der Waals surface area contributed by atoms with Gasteiger partial charge in [-0.2, -0.15) is 0 Å². The number of aryl methyl sites for hydroxylation is 4. The van der Waals surface area contributed by atoms with Crippen LogP contribution in [0.2, 0.25) is 0 Å². The summed E-state index contributed by atoms with van der Waals surface area (Å²) in [6, 6.07) is 2.15. The maximum absolute atomic E-state index is 14.5. The zero-order chi connectivity index (χ0) is 12.9. The van der Waals surface area contributed by atoms with Gasteiger partial charge in [-0.3, -0.25) is 0 Å². The first-order valence-corrected chi connectivity index (χ1v) is 6.02. The van der Waals surface area contributed by atoms with Gasteiger partial charge in [-0.15, -0.1) is 0 Å². The predicted octanol–water partition coefficient (Wildman–Crippen LogP) is 4.83. The molecule has 2 aromatic rings. The largest absolute Gasteiger partial charge is 0.206 e. The summed E-state index contributed by atoms with van der Waals surface area (Å²) >= 11 is 0. The van der Waals surface area contributed by atoms with Gasteiger partial charge >= 0.3 is 0 Å². The molecule has 2 rings (SSSR count). The molecular formula is C16H19F. The van der Waals surface area contributed by atoms with Crippen LogP contribution in [0.25, 0.3) is 10.8 Å². The Morgan fingerprint density at radius 3 is 1.82 bits per heavy atom. The third-order valence-electron chi connectivity index (χ3n) is 4.09. The molecule has 0 aliphatic heterocycles. The summed E-state index contributed by atoms with van der Waals surface area (Å²) in [4.78, 5) is 0. The second-order valence-corrected chi connectivity index (χ2v) is 5.07. The molecule has 0 aliphatic rings. The highest BCUT2D eigenvalue weighted by Gasteiger charge is 2.16. The maximum atomic E-state index is 14.5. The molecule has 0 amide bonds. The SMILES string of the molecule is Cc1cc(C)c2c(C)c(C)c(C)c(F)c2c1C. The van der Waals surface area contributed by atoms with Crippen LogP contribution in [0.5, 0.6) is 0 Å². The first-order chi connectivity index (χ1) is 7.86. The molecule has 0 fully saturated rings. The van der Waals surface area contributed by atoms with Crippen molar-refractivity contribution in [1.82, 2.24) is 0 Å². The lowest BCUT2D eigenvalue weighted by Gasteiger charge is -2.17. The van der Waals surface area contributed by atoms with E-state index >= 15 is 0 Å². The van der Waals surface area contributed by atoms with Crippen molar-refractivity contribution in [3.05, 3.63) is 45.3 Å². The van der Waals surface area contributed by atoms with Crippen molar-refractivity contribution < 1.29 is 4.39 Å². The summed E-state index contributed by atoms with van der Waals surface area (Å²) < 4.78 is 14.5. The van der Waals surface area contributed by atoms with Gasteiger partial charge in [0.25, 0.3) is 0 Å². The van der Waals surface area contributed by atoms with E-state index in [1.54, 1.807) is 0 Å². The zero-order valence-electron chi connectivity index (χ0n) is 11.5. The number of halogens is 1. The van der Waals surface area contributed by atoms with Crippen molar-refractivity contribution in [3.8, 4) is 0 Å². The molecule has 0 bridgehead atoms. The Hall–Kier alpha value is -1.37. The smallest absolute Gasteiger partial charge is 0.134 e. The molecule has 0 heterocycles. The minimum absolute atomic E-state index is 0.0487. The second-order valence-electron chi connectivity index (χ2n) is 5.07. The fourth-order valence-electron chi connectivity index (χ4n) is 2.67. The van der Waals surface area contributed by atoms with E-state index in [0.717, 1.165) is 33.0 Å². The van der Waals surface area contributed by atoms with Crippen LogP contribution in [0, 0.1) is 47.4 Å². The standard InChI is InChI=1S/C16H19F/c1-8-7-9(2)14-12(5)11(4)13(6)16(17)15(14)10(8)3/h7H,1-6H3. The Bertz CT molecular complexity index is 622. The van der Waals surface area contributed by atoms with Crippen LogP contribution in [0.1, 0.15) is 33.4 Å². The van der Waals surface area contributed by atoms with Crippen molar-refractivity contribution >= 4 is 10.8 Å². The van der Waals surface area contributed by atoms with Crippen LogP contribution in [-0.2, 0) is 0 Å². The van der Waals surface area contributed by atoms with E-state index in [0.29, 0.717) is 0 Å². The third-order valence-corrected chi connectivity index (χ3v) is 4.09. The predicted molar refractivity (Wildman–Crippen MR) is 72.3 cm³/mol. The van der Waals surface area contributed by atoms with Gasteiger partial charge in [0.2, 0.25) is 0 Å². The normalized spacial score (nSPS) is 11.2. The van der Waals surface area contributed by atoms with E-state index in [-0.39, 0.29) is 5.82 Å². The maximum Gasteiger partial charge on any atom is 0.134 e. The number of hydrogen-bond donors (Lipinski definition) is 0. The molecule has 0 spiro atoms. The van der Waals surface area contributed by atoms with E-state index in [1.807, 2.05) is 27.7 Å². The molecule has 2 aromatic carbocycles. The fourth-order valence-corrected chi connectivity index (χ4v) is 2.67. The number of fused-ring (bicyclic) bond motifs is 1. The molecule has 17 heavy (non-hydrogen) atoms. The average Bonchev–Trinajstić information content (AvgIpc) is 2.28. The topological polar surface area (TPSA) is 0 Å². The molecule has 1 heteroatoms. The minimum atomic E-state index is -0.0487. The lowest BCUT2D eigenvalue weighted by atomic mass is 9.89. The molecule has 0 N–H and O–H groups in total.